The molecular weight excluding hydrogens is 509 g/mol. The highest BCUT2D eigenvalue weighted by atomic mass is 19.4. The van der Waals surface area contributed by atoms with Crippen LogP contribution < -0.4 is 10.6 Å². The van der Waals surface area contributed by atoms with Crippen molar-refractivity contribution in [1.82, 2.24) is 20.4 Å². The Morgan fingerprint density at radius 3 is 2.72 bits per heavy atom. The predicted molar refractivity (Wildman–Crippen MR) is 147 cm³/mol. The minimum atomic E-state index is -4.54. The van der Waals surface area contributed by atoms with E-state index in [4.69, 9.17) is 5.41 Å². The fraction of sp³-hybridized carbons (Fsp3) is 0.222. The second-order valence-corrected chi connectivity index (χ2v) is 8.05. The number of carbonyl (C=O) groups is 1. The minimum Gasteiger partial charge on any atom is -0.386 e. The zero-order valence-electron chi connectivity index (χ0n) is 21.3. The van der Waals surface area contributed by atoms with Crippen molar-refractivity contribution in [2.24, 2.45) is 15.9 Å². The number of hydrogen-bond acceptors (Lipinski definition) is 6. The molecule has 39 heavy (non-hydrogen) atoms. The molecule has 204 valence electrons. The van der Waals surface area contributed by atoms with Gasteiger partial charge in [0.1, 0.15) is 6.54 Å². The highest BCUT2D eigenvalue weighted by Gasteiger charge is 2.26. The van der Waals surface area contributed by atoms with Crippen LogP contribution in [0, 0.1) is 22.7 Å². The Morgan fingerprint density at radius 2 is 2.13 bits per heavy atom. The summed E-state index contributed by atoms with van der Waals surface area (Å²) in [4.78, 5) is 23.8. The molecule has 12 heteroatoms. The summed E-state index contributed by atoms with van der Waals surface area (Å²) in [5.74, 6) is -0.290. The van der Waals surface area contributed by atoms with E-state index in [1.165, 1.54) is 22.1 Å². The molecular formula is C27H29F3N8O. The molecule has 0 aromatic rings. The first-order valence-corrected chi connectivity index (χ1v) is 11.7. The van der Waals surface area contributed by atoms with Gasteiger partial charge >= 0.3 is 12.2 Å². The summed E-state index contributed by atoms with van der Waals surface area (Å²) >= 11 is 0. The lowest BCUT2D eigenvalue weighted by Crippen LogP contribution is -2.47. The molecule has 2 aliphatic rings. The van der Waals surface area contributed by atoms with Crippen LogP contribution >= 0.6 is 0 Å². The van der Waals surface area contributed by atoms with Gasteiger partial charge in [0.15, 0.2) is 0 Å². The summed E-state index contributed by atoms with van der Waals surface area (Å²) in [6.07, 6.45) is 14.0. The number of aliphatic imine (C=N–C) groups is 2. The summed E-state index contributed by atoms with van der Waals surface area (Å²) in [6.45, 7) is 6.82. The molecule has 0 saturated carbocycles. The smallest absolute Gasteiger partial charge is 0.386 e. The van der Waals surface area contributed by atoms with Gasteiger partial charge in [0.25, 0.3) is 0 Å². The first-order valence-electron chi connectivity index (χ1n) is 11.7. The Balaban J connectivity index is 2.47. The number of likely N-dealkylation sites (N-methyl/N-ethyl adjacent to an activating group) is 1. The predicted octanol–water partition coefficient (Wildman–Crippen LogP) is 4.35. The van der Waals surface area contributed by atoms with Crippen molar-refractivity contribution in [2.75, 3.05) is 26.7 Å². The Labute approximate surface area is 225 Å². The summed E-state index contributed by atoms with van der Waals surface area (Å²) in [5, 5.41) is 22.5. The molecule has 0 radical (unpaired) electrons. The van der Waals surface area contributed by atoms with Gasteiger partial charge in [0.05, 0.1) is 23.2 Å². The second-order valence-electron chi connectivity index (χ2n) is 8.05. The number of allylic oxidation sites excluding steroid dienone is 7. The van der Waals surface area contributed by atoms with E-state index in [2.05, 4.69) is 39.8 Å². The average molecular weight is 539 g/mol. The summed E-state index contributed by atoms with van der Waals surface area (Å²) in [6, 6.07) is 1.54. The van der Waals surface area contributed by atoms with Gasteiger partial charge in [-0.1, -0.05) is 43.5 Å². The number of rotatable bonds is 9. The number of dihydropyridines is 1. The minimum absolute atomic E-state index is 0.0148. The van der Waals surface area contributed by atoms with E-state index in [9.17, 15) is 23.2 Å². The first-order chi connectivity index (χ1) is 18.6. The zero-order valence-corrected chi connectivity index (χ0v) is 21.3. The average Bonchev–Trinajstić information content (AvgIpc) is 3.17. The number of urea groups is 1. The van der Waals surface area contributed by atoms with E-state index in [0.717, 1.165) is 6.08 Å². The second kappa shape index (κ2) is 14.7. The fourth-order valence-electron chi connectivity index (χ4n) is 3.22. The van der Waals surface area contributed by atoms with E-state index in [1.807, 2.05) is 12.2 Å². The zero-order chi connectivity index (χ0) is 28.8. The van der Waals surface area contributed by atoms with E-state index < -0.39 is 18.8 Å². The van der Waals surface area contributed by atoms with E-state index in [-0.39, 0.29) is 29.8 Å². The Bertz CT molecular complexity index is 1240. The number of carbonyl (C=O) groups excluding carboxylic acids is 1. The topological polar surface area (TPSA) is 120 Å². The van der Waals surface area contributed by atoms with Crippen LogP contribution in [0.2, 0.25) is 0 Å². The molecule has 2 amide bonds. The quantitative estimate of drug-likeness (QED) is 0.230. The van der Waals surface area contributed by atoms with Gasteiger partial charge in [0.2, 0.25) is 5.96 Å². The van der Waals surface area contributed by atoms with Crippen LogP contribution in [0.5, 0.6) is 0 Å². The van der Waals surface area contributed by atoms with Crippen molar-refractivity contribution in [3.8, 4) is 6.07 Å². The van der Waals surface area contributed by atoms with Crippen LogP contribution in [-0.2, 0) is 0 Å². The van der Waals surface area contributed by atoms with Crippen molar-refractivity contribution in [1.29, 1.82) is 10.7 Å². The normalized spacial score (nSPS) is 17.6. The molecule has 1 aliphatic carbocycles. The Hall–Kier alpha value is -4.92. The molecule has 0 bridgehead atoms. The molecule has 1 aliphatic heterocycles. The molecule has 0 fully saturated rings. The van der Waals surface area contributed by atoms with Crippen LogP contribution in [0.15, 0.2) is 107 Å². The van der Waals surface area contributed by atoms with Crippen molar-refractivity contribution >= 4 is 23.9 Å². The van der Waals surface area contributed by atoms with Gasteiger partial charge in [-0.2, -0.15) is 18.4 Å². The van der Waals surface area contributed by atoms with Gasteiger partial charge < -0.3 is 15.6 Å². The molecule has 2 rings (SSSR count). The van der Waals surface area contributed by atoms with Gasteiger partial charge in [-0.15, -0.1) is 0 Å². The molecule has 3 N–H and O–H groups in total. The van der Waals surface area contributed by atoms with E-state index in [1.54, 1.807) is 43.6 Å². The largest absolute Gasteiger partial charge is 0.407 e. The number of halogens is 3. The lowest BCUT2D eigenvalue weighted by atomic mass is 10.1. The third-order valence-electron chi connectivity index (χ3n) is 5.18. The van der Waals surface area contributed by atoms with Crippen molar-refractivity contribution in [2.45, 2.75) is 6.18 Å². The lowest BCUT2D eigenvalue weighted by Gasteiger charge is -2.27. The maximum Gasteiger partial charge on any atom is 0.407 e. The van der Waals surface area contributed by atoms with Crippen LogP contribution in [0.25, 0.3) is 0 Å². The number of guanidine groups is 1. The maximum atomic E-state index is 13.1. The van der Waals surface area contributed by atoms with Crippen LogP contribution in [0.1, 0.15) is 0 Å². The third kappa shape index (κ3) is 10.2. The summed E-state index contributed by atoms with van der Waals surface area (Å²) < 4.78 is 37.9. The maximum absolute atomic E-state index is 13.1. The van der Waals surface area contributed by atoms with Gasteiger partial charge in [0, 0.05) is 44.0 Å². The molecule has 0 aromatic carbocycles. The standard InChI is InChI=1S/C27H29F3N8O/c1-4-22(14-23(16-32)34-19-27(28,29)30)35-25(36-26(39)37(3)24-11-8-12-33-17-24)38(5-2)18-21-10-7-6-9-20(13-21)15-31/h4-11,13-14,16-17,21,32-33H,1-2,12,18-19H2,3H3,(H,35,36,39)/b22-14+,32-16?,34-23?. The van der Waals surface area contributed by atoms with E-state index >= 15 is 0 Å². The SMILES string of the molecule is C=C/C(=C\C(C=N)=NCC(F)(F)F)N=C(NC(=O)N(C)C1=CNCC=C1)N(C=C)CC1C=CC=CC(C#N)=C1. The Kier molecular flexibility index (Phi) is 11.4. The molecule has 0 saturated heterocycles. The molecule has 1 atom stereocenters. The summed E-state index contributed by atoms with van der Waals surface area (Å²) in [7, 11) is 1.55. The van der Waals surface area contributed by atoms with Crippen LogP contribution in [0.3, 0.4) is 0 Å². The number of nitrogens with one attached hydrogen (secondary N) is 3. The number of amides is 2. The van der Waals surface area contributed by atoms with Crippen molar-refractivity contribution in [3.05, 3.63) is 97.2 Å². The van der Waals surface area contributed by atoms with Crippen LogP contribution in [0.4, 0.5) is 18.0 Å². The monoisotopic (exact) mass is 538 g/mol. The molecule has 9 nitrogen and oxygen atoms in total. The van der Waals surface area contributed by atoms with E-state index in [0.29, 0.717) is 24.0 Å². The molecule has 0 aromatic heterocycles. The summed E-state index contributed by atoms with van der Waals surface area (Å²) in [5.41, 5.74) is 0.770. The van der Waals surface area contributed by atoms with Gasteiger partial charge in [-0.3, -0.25) is 15.2 Å². The first kappa shape index (κ1) is 30.3. The highest BCUT2D eigenvalue weighted by Crippen LogP contribution is 2.16. The molecule has 0 spiro atoms. The number of hydrogen-bond donors (Lipinski definition) is 3. The fourth-order valence-corrected chi connectivity index (χ4v) is 3.22. The van der Waals surface area contributed by atoms with Gasteiger partial charge in [-0.05, 0) is 30.5 Å². The highest BCUT2D eigenvalue weighted by molar-refractivity contribution is 6.35. The Morgan fingerprint density at radius 1 is 1.36 bits per heavy atom. The number of nitrogens with zero attached hydrogens (tertiary/aromatic N) is 5. The lowest BCUT2D eigenvalue weighted by molar-refractivity contribution is -0.118. The molecule has 1 unspecified atom stereocenters. The van der Waals surface area contributed by atoms with Crippen molar-refractivity contribution < 1.29 is 18.0 Å². The number of nitriles is 1. The number of alkyl halides is 3. The van der Waals surface area contributed by atoms with Gasteiger partial charge in [-0.25, -0.2) is 9.79 Å². The van der Waals surface area contributed by atoms with Crippen LogP contribution in [-0.4, -0.2) is 66.6 Å². The molecule has 1 heterocycles. The third-order valence-corrected chi connectivity index (χ3v) is 5.18. The van der Waals surface area contributed by atoms with Crippen molar-refractivity contribution in [3.63, 3.8) is 0 Å².